The first-order chi connectivity index (χ1) is 7.68. The van der Waals surface area contributed by atoms with E-state index in [-0.39, 0.29) is 0 Å². The lowest BCUT2D eigenvalue weighted by Crippen LogP contribution is -2.04. The molecule has 0 amide bonds. The second-order valence-electron chi connectivity index (χ2n) is 3.22. The second-order valence-corrected chi connectivity index (χ2v) is 6.21. The van der Waals surface area contributed by atoms with E-state index in [1.807, 2.05) is 12.1 Å². The third kappa shape index (κ3) is 2.66. The minimum atomic E-state index is -3.29. The van der Waals surface area contributed by atoms with E-state index in [1.165, 1.54) is 0 Å². The predicted octanol–water partition coefficient (Wildman–Crippen LogP) is 3.82. The summed E-state index contributed by atoms with van der Waals surface area (Å²) in [6.07, 6.45) is 0. The Balaban J connectivity index is 2.25. The smallest absolute Gasteiger partial charge is 0.366 e. The topological polar surface area (TPSA) is 26.3 Å². The maximum absolute atomic E-state index is 12.1. The zero-order valence-corrected chi connectivity index (χ0v) is 10.1. The van der Waals surface area contributed by atoms with Crippen molar-refractivity contribution in [2.75, 3.05) is 0 Å². The van der Waals surface area contributed by atoms with Gasteiger partial charge in [-0.25, -0.2) is 0 Å². The van der Waals surface area contributed by atoms with Gasteiger partial charge in [-0.15, -0.1) is 0 Å². The third-order valence-corrected chi connectivity index (χ3v) is 4.18. The Labute approximate surface area is 99.1 Å². The fourth-order valence-electron chi connectivity index (χ4n) is 1.28. The van der Waals surface area contributed by atoms with Gasteiger partial charge in [0.2, 0.25) is 0 Å². The molecule has 0 saturated heterocycles. The Morgan fingerprint density at radius 2 is 1.38 bits per heavy atom. The van der Waals surface area contributed by atoms with Gasteiger partial charge in [0.25, 0.3) is 0 Å². The van der Waals surface area contributed by atoms with E-state index in [2.05, 4.69) is 0 Å². The van der Waals surface area contributed by atoms with Gasteiger partial charge in [0.15, 0.2) is 0 Å². The minimum absolute atomic E-state index is 0.500. The van der Waals surface area contributed by atoms with E-state index >= 15 is 0 Å². The lowest BCUT2D eigenvalue weighted by Gasteiger charge is -2.12. The van der Waals surface area contributed by atoms with E-state index < -0.39 is 6.72 Å². The fraction of sp³-hybridized carbons (Fsp3) is 0. The van der Waals surface area contributed by atoms with E-state index in [4.69, 9.17) is 15.8 Å². The number of para-hydroxylation sites is 1. The van der Waals surface area contributed by atoms with Crippen LogP contribution in [0.5, 0.6) is 5.75 Å². The van der Waals surface area contributed by atoms with E-state index in [9.17, 15) is 4.57 Å². The Morgan fingerprint density at radius 3 is 1.94 bits per heavy atom. The molecule has 0 unspecified atom stereocenters. The molecule has 2 rings (SSSR count). The molecule has 0 aliphatic heterocycles. The SMILES string of the molecule is O=[P@](Cl)(Oc1ccccc1)c1ccccc1. The molecule has 82 valence electrons. The Morgan fingerprint density at radius 1 is 0.875 bits per heavy atom. The minimum Gasteiger partial charge on any atom is -0.430 e. The lowest BCUT2D eigenvalue weighted by atomic mass is 10.3. The number of hydrogen-bond acceptors (Lipinski definition) is 2. The molecule has 0 aliphatic carbocycles. The van der Waals surface area contributed by atoms with Gasteiger partial charge in [0.1, 0.15) is 5.75 Å². The van der Waals surface area contributed by atoms with Crippen LogP contribution in [0.4, 0.5) is 0 Å². The Bertz CT molecular complexity index is 499. The van der Waals surface area contributed by atoms with Crippen LogP contribution in [-0.4, -0.2) is 0 Å². The van der Waals surface area contributed by atoms with Gasteiger partial charge in [0, 0.05) is 0 Å². The van der Waals surface area contributed by atoms with Crippen molar-refractivity contribution in [3.8, 4) is 5.75 Å². The highest BCUT2D eigenvalue weighted by Gasteiger charge is 2.23. The molecule has 4 heteroatoms. The van der Waals surface area contributed by atoms with Crippen LogP contribution in [0.3, 0.4) is 0 Å². The molecule has 0 fully saturated rings. The van der Waals surface area contributed by atoms with Crippen molar-refractivity contribution >= 4 is 23.3 Å². The maximum atomic E-state index is 12.1. The third-order valence-electron chi connectivity index (χ3n) is 2.03. The van der Waals surface area contributed by atoms with Crippen molar-refractivity contribution in [2.24, 2.45) is 0 Å². The van der Waals surface area contributed by atoms with Gasteiger partial charge < -0.3 is 4.52 Å². The summed E-state index contributed by atoms with van der Waals surface area (Å²) in [5.41, 5.74) is 0. The summed E-state index contributed by atoms with van der Waals surface area (Å²) in [4.78, 5) is 0. The molecule has 0 spiro atoms. The van der Waals surface area contributed by atoms with Crippen LogP contribution in [0.1, 0.15) is 0 Å². The van der Waals surface area contributed by atoms with Crippen LogP contribution in [0, 0.1) is 0 Å². The average molecular weight is 253 g/mol. The normalized spacial score (nSPS) is 14.1. The molecule has 0 radical (unpaired) electrons. The first-order valence-electron chi connectivity index (χ1n) is 4.78. The molecule has 0 aliphatic rings. The van der Waals surface area contributed by atoms with Crippen molar-refractivity contribution in [1.29, 1.82) is 0 Å². The van der Waals surface area contributed by atoms with Gasteiger partial charge in [-0.2, -0.15) is 0 Å². The zero-order chi connectivity index (χ0) is 11.4. The Hall–Kier alpha value is -1.24. The predicted molar refractivity (Wildman–Crippen MR) is 66.6 cm³/mol. The molecule has 2 aromatic rings. The first-order valence-corrected chi connectivity index (χ1v) is 7.31. The van der Waals surface area contributed by atoms with E-state index in [0.29, 0.717) is 11.1 Å². The Kier molecular flexibility index (Phi) is 3.33. The molecule has 0 saturated carbocycles. The molecule has 0 bridgehead atoms. The van der Waals surface area contributed by atoms with E-state index in [1.54, 1.807) is 48.5 Å². The number of halogens is 1. The van der Waals surface area contributed by atoms with E-state index in [0.717, 1.165) is 0 Å². The summed E-state index contributed by atoms with van der Waals surface area (Å²) in [5.74, 6) is 0.504. The monoisotopic (exact) mass is 252 g/mol. The molecule has 0 aromatic heterocycles. The summed E-state index contributed by atoms with van der Waals surface area (Å²) in [6, 6.07) is 17.7. The van der Waals surface area contributed by atoms with Gasteiger partial charge in [-0.05, 0) is 35.5 Å². The van der Waals surface area contributed by atoms with Gasteiger partial charge >= 0.3 is 6.72 Å². The number of hydrogen-bond donors (Lipinski definition) is 0. The molecule has 16 heavy (non-hydrogen) atoms. The average Bonchev–Trinajstić information content (AvgIpc) is 2.31. The molecule has 0 N–H and O–H groups in total. The van der Waals surface area contributed by atoms with Crippen molar-refractivity contribution in [3.05, 3.63) is 60.7 Å². The molecule has 0 heterocycles. The summed E-state index contributed by atoms with van der Waals surface area (Å²) in [5, 5.41) is 0.500. The molecule has 2 nitrogen and oxygen atoms in total. The van der Waals surface area contributed by atoms with Gasteiger partial charge in [0.05, 0.1) is 5.30 Å². The maximum Gasteiger partial charge on any atom is 0.366 e. The summed E-state index contributed by atoms with van der Waals surface area (Å²) in [6.45, 7) is -3.29. The van der Waals surface area contributed by atoms with Crippen LogP contribution in [0.15, 0.2) is 60.7 Å². The molecular formula is C12H10ClO2P. The number of benzene rings is 2. The van der Waals surface area contributed by atoms with Crippen molar-refractivity contribution in [3.63, 3.8) is 0 Å². The quantitative estimate of drug-likeness (QED) is 0.776. The van der Waals surface area contributed by atoms with Crippen molar-refractivity contribution in [1.82, 2.24) is 0 Å². The number of rotatable bonds is 3. The summed E-state index contributed by atoms with van der Waals surface area (Å²) < 4.78 is 17.4. The zero-order valence-electron chi connectivity index (χ0n) is 8.42. The lowest BCUT2D eigenvalue weighted by molar-refractivity contribution is 0.508. The van der Waals surface area contributed by atoms with Crippen molar-refractivity contribution in [2.45, 2.75) is 0 Å². The van der Waals surface area contributed by atoms with Crippen LogP contribution in [0.2, 0.25) is 0 Å². The van der Waals surface area contributed by atoms with Gasteiger partial charge in [-0.3, -0.25) is 4.57 Å². The fourth-order valence-corrected chi connectivity index (χ4v) is 2.88. The molecule has 1 atom stereocenters. The molecular weight excluding hydrogens is 243 g/mol. The summed E-state index contributed by atoms with van der Waals surface area (Å²) in [7, 11) is 0. The van der Waals surface area contributed by atoms with Crippen molar-refractivity contribution < 1.29 is 9.09 Å². The highest BCUT2D eigenvalue weighted by atomic mass is 35.7. The van der Waals surface area contributed by atoms with Gasteiger partial charge in [-0.1, -0.05) is 36.4 Å². The van der Waals surface area contributed by atoms with Crippen LogP contribution >= 0.6 is 18.0 Å². The second kappa shape index (κ2) is 4.73. The van der Waals surface area contributed by atoms with Crippen LogP contribution in [-0.2, 0) is 4.57 Å². The first kappa shape index (κ1) is 11.3. The van der Waals surface area contributed by atoms with Crippen LogP contribution in [0.25, 0.3) is 0 Å². The highest BCUT2D eigenvalue weighted by Crippen LogP contribution is 2.50. The van der Waals surface area contributed by atoms with Crippen LogP contribution < -0.4 is 9.83 Å². The highest BCUT2D eigenvalue weighted by molar-refractivity contribution is 7.91. The summed E-state index contributed by atoms with van der Waals surface area (Å²) >= 11 is 5.93. The standard InChI is InChI=1S/C12H10ClO2P/c13-16(14,12-9-5-2-6-10-12)15-11-7-3-1-4-8-11/h1-10H/t16-/m0/s1. The largest absolute Gasteiger partial charge is 0.430 e. The molecule has 2 aromatic carbocycles.